The molecule has 4 heterocycles. The van der Waals surface area contributed by atoms with Crippen molar-refractivity contribution in [3.05, 3.63) is 50.3 Å². The second kappa shape index (κ2) is 9.82. The number of halogens is 4. The largest absolute Gasteiger partial charge is 0.467 e. The molecule has 1 amide bonds. The Balaban J connectivity index is 1.50. The topological polar surface area (TPSA) is 98.4 Å². The van der Waals surface area contributed by atoms with Crippen LogP contribution in [-0.4, -0.2) is 34.4 Å². The first kappa shape index (κ1) is 25.8. The van der Waals surface area contributed by atoms with E-state index < -0.39 is 30.1 Å². The summed E-state index contributed by atoms with van der Waals surface area (Å²) in [5.74, 6) is -0.468. The van der Waals surface area contributed by atoms with Gasteiger partial charge in [-0.05, 0) is 65.7 Å². The lowest BCUT2D eigenvalue weighted by molar-refractivity contribution is -0.174. The smallest absolute Gasteiger partial charge is 0.410 e. The highest BCUT2D eigenvalue weighted by Gasteiger charge is 2.48. The highest BCUT2D eigenvalue weighted by atomic mass is 79.9. The van der Waals surface area contributed by atoms with Crippen LogP contribution in [0.15, 0.2) is 27.3 Å². The van der Waals surface area contributed by atoms with Gasteiger partial charge in [0.25, 0.3) is 5.91 Å². The normalized spacial score (nSPS) is 21.1. The lowest BCUT2D eigenvalue weighted by Crippen LogP contribution is -2.35. The van der Waals surface area contributed by atoms with Crippen LogP contribution in [0.25, 0.3) is 0 Å². The summed E-state index contributed by atoms with van der Waals surface area (Å²) in [6, 6.07) is 0.457. The first-order valence-electron chi connectivity index (χ1n) is 11.9. The molecule has 0 aromatic carbocycles. The number of rotatable bonds is 5. The van der Waals surface area contributed by atoms with Gasteiger partial charge in [0.2, 0.25) is 0 Å². The van der Waals surface area contributed by atoms with Gasteiger partial charge in [-0.1, -0.05) is 6.92 Å². The first-order valence-corrected chi connectivity index (χ1v) is 13.5. The van der Waals surface area contributed by atoms with Gasteiger partial charge in [-0.15, -0.1) is 11.3 Å². The monoisotopic (exact) mass is 600 g/mol. The molecule has 0 bridgehead atoms. The van der Waals surface area contributed by atoms with Crippen LogP contribution in [0.5, 0.6) is 0 Å². The molecule has 2 aliphatic rings. The zero-order chi connectivity index (χ0) is 26.5. The van der Waals surface area contributed by atoms with Crippen LogP contribution in [-0.2, 0) is 17.6 Å². The number of nitrogens with one attached hydrogen (secondary N) is 2. The number of hydrogen-bond donors (Lipinski definition) is 2. The van der Waals surface area contributed by atoms with Crippen molar-refractivity contribution in [3.63, 3.8) is 0 Å². The quantitative estimate of drug-likeness (QED) is 0.324. The van der Waals surface area contributed by atoms with Crippen molar-refractivity contribution in [1.29, 1.82) is 0 Å². The molecular weight excluding hydrogens is 577 g/mol. The van der Waals surface area contributed by atoms with Crippen molar-refractivity contribution in [2.75, 3.05) is 17.2 Å². The molecule has 5 rings (SSSR count). The number of thiophene rings is 1. The molecule has 8 nitrogen and oxygen atoms in total. The highest BCUT2D eigenvalue weighted by Crippen LogP contribution is 2.47. The predicted molar refractivity (Wildman–Crippen MR) is 134 cm³/mol. The average molecular weight is 601 g/mol. The number of amides is 1. The maximum Gasteiger partial charge on any atom is 0.410 e. The lowest BCUT2D eigenvalue weighted by atomic mass is 9.88. The summed E-state index contributed by atoms with van der Waals surface area (Å²) in [7, 11) is 0. The van der Waals surface area contributed by atoms with Crippen molar-refractivity contribution in [2.24, 2.45) is 5.92 Å². The van der Waals surface area contributed by atoms with E-state index in [9.17, 15) is 22.8 Å². The molecule has 0 spiro atoms. The SMILES string of the molecule is CCOC(=O)c1c(NC(=O)c2nn3c(c2Br)NC(c2ccco2)CC3C(F)(F)F)sc2c1CCC(C)C2. The Bertz CT molecular complexity index is 1330. The fourth-order valence-electron chi connectivity index (χ4n) is 4.83. The van der Waals surface area contributed by atoms with E-state index in [4.69, 9.17) is 9.15 Å². The number of fused-ring (bicyclic) bond motifs is 2. The minimum absolute atomic E-state index is 0.0186. The summed E-state index contributed by atoms with van der Waals surface area (Å²) in [6.45, 7) is 4.00. The molecule has 1 aliphatic carbocycles. The lowest BCUT2D eigenvalue weighted by Gasteiger charge is -2.32. The van der Waals surface area contributed by atoms with Crippen LogP contribution in [0.3, 0.4) is 0 Å². The average Bonchev–Trinajstić information content (AvgIpc) is 3.55. The summed E-state index contributed by atoms with van der Waals surface area (Å²) in [5, 5.41) is 10.1. The number of aromatic nitrogens is 2. The van der Waals surface area contributed by atoms with E-state index in [1.54, 1.807) is 19.1 Å². The van der Waals surface area contributed by atoms with E-state index in [0.717, 1.165) is 28.0 Å². The molecule has 2 N–H and O–H groups in total. The Labute approximate surface area is 222 Å². The molecule has 13 heteroatoms. The Hall–Kier alpha value is -2.80. The first-order chi connectivity index (χ1) is 17.6. The van der Waals surface area contributed by atoms with Crippen molar-refractivity contribution < 1.29 is 31.9 Å². The minimum Gasteiger partial charge on any atom is -0.467 e. The number of carbonyl (C=O) groups excluding carboxylic acids is 2. The van der Waals surface area contributed by atoms with E-state index >= 15 is 0 Å². The van der Waals surface area contributed by atoms with Crippen LogP contribution in [0, 0.1) is 5.92 Å². The van der Waals surface area contributed by atoms with Crippen molar-refractivity contribution in [1.82, 2.24) is 9.78 Å². The predicted octanol–water partition coefficient (Wildman–Crippen LogP) is 6.51. The molecule has 37 heavy (non-hydrogen) atoms. The Morgan fingerprint density at radius 1 is 1.41 bits per heavy atom. The van der Waals surface area contributed by atoms with E-state index in [0.29, 0.717) is 28.7 Å². The van der Waals surface area contributed by atoms with Crippen molar-refractivity contribution >= 4 is 50.0 Å². The molecule has 3 aromatic heterocycles. The molecule has 1 aliphatic heterocycles. The van der Waals surface area contributed by atoms with Crippen LogP contribution in [0.2, 0.25) is 0 Å². The molecule has 3 atom stereocenters. The molecular formula is C24H24BrF3N4O4S. The number of esters is 1. The van der Waals surface area contributed by atoms with Gasteiger partial charge in [0.05, 0.1) is 28.9 Å². The fraction of sp³-hybridized carbons (Fsp3) is 0.458. The standard InChI is InChI=1S/C24H24BrF3N4O4S/c1-3-35-23(34)17-12-7-6-11(2)9-15(12)37-22(17)30-21(33)19-18(25)20-29-13(14-5-4-8-36-14)10-16(24(26,27)28)32(20)31-19/h4-5,8,11,13,16,29H,3,6-7,9-10H2,1-2H3,(H,30,33). The van der Waals surface area contributed by atoms with Gasteiger partial charge >= 0.3 is 12.1 Å². The summed E-state index contributed by atoms with van der Waals surface area (Å²) in [5.41, 5.74) is 0.943. The summed E-state index contributed by atoms with van der Waals surface area (Å²) in [6.07, 6.45) is -1.21. The number of anilines is 2. The van der Waals surface area contributed by atoms with Gasteiger partial charge in [-0.2, -0.15) is 18.3 Å². The molecule has 0 radical (unpaired) electrons. The number of ether oxygens (including phenoxy) is 1. The zero-order valence-corrected chi connectivity index (χ0v) is 22.3. The molecule has 0 saturated heterocycles. The maximum atomic E-state index is 14.0. The number of nitrogens with zero attached hydrogens (tertiary/aromatic N) is 2. The number of furan rings is 1. The molecule has 0 saturated carbocycles. The van der Waals surface area contributed by atoms with Crippen LogP contribution in [0.1, 0.15) is 75.8 Å². The fourth-order valence-corrected chi connectivity index (χ4v) is 6.78. The van der Waals surface area contributed by atoms with Crippen LogP contribution in [0.4, 0.5) is 24.0 Å². The highest BCUT2D eigenvalue weighted by molar-refractivity contribution is 9.10. The third kappa shape index (κ3) is 4.78. The Morgan fingerprint density at radius 2 is 2.19 bits per heavy atom. The third-order valence-corrected chi connectivity index (χ3v) is 8.54. The van der Waals surface area contributed by atoms with Crippen LogP contribution >= 0.6 is 27.3 Å². The number of carbonyl (C=O) groups is 2. The molecule has 3 aromatic rings. The van der Waals surface area contributed by atoms with Crippen LogP contribution < -0.4 is 10.6 Å². The second-order valence-corrected chi connectivity index (χ2v) is 11.1. The summed E-state index contributed by atoms with van der Waals surface area (Å²) in [4.78, 5) is 27.1. The van der Waals surface area contributed by atoms with Gasteiger partial charge in [0.1, 0.15) is 16.6 Å². The maximum absolute atomic E-state index is 14.0. The van der Waals surface area contributed by atoms with Crippen molar-refractivity contribution in [3.8, 4) is 0 Å². The Kier molecular flexibility index (Phi) is 6.86. The summed E-state index contributed by atoms with van der Waals surface area (Å²) >= 11 is 4.58. The van der Waals surface area contributed by atoms with Gasteiger partial charge in [-0.25, -0.2) is 9.48 Å². The van der Waals surface area contributed by atoms with Gasteiger partial charge in [0, 0.05) is 11.3 Å². The zero-order valence-electron chi connectivity index (χ0n) is 19.9. The van der Waals surface area contributed by atoms with Crippen molar-refractivity contribution in [2.45, 2.75) is 57.8 Å². The summed E-state index contributed by atoms with van der Waals surface area (Å²) < 4.78 is 53.5. The van der Waals surface area contributed by atoms with E-state index in [1.807, 2.05) is 0 Å². The van der Waals surface area contributed by atoms with Gasteiger partial charge < -0.3 is 19.8 Å². The van der Waals surface area contributed by atoms with Gasteiger partial charge in [0.15, 0.2) is 11.7 Å². The number of hydrogen-bond acceptors (Lipinski definition) is 7. The second-order valence-electron chi connectivity index (χ2n) is 9.19. The molecule has 3 unspecified atom stereocenters. The van der Waals surface area contributed by atoms with E-state index in [-0.39, 0.29) is 29.0 Å². The number of alkyl halides is 3. The molecule has 198 valence electrons. The minimum atomic E-state index is -4.61. The van der Waals surface area contributed by atoms with E-state index in [1.165, 1.54) is 17.6 Å². The Morgan fingerprint density at radius 3 is 2.86 bits per heavy atom. The molecule has 0 fully saturated rings. The van der Waals surface area contributed by atoms with Gasteiger partial charge in [-0.3, -0.25) is 4.79 Å². The third-order valence-electron chi connectivity index (χ3n) is 6.62. The van der Waals surface area contributed by atoms with E-state index in [2.05, 4.69) is 38.6 Å².